The zero-order valence-corrected chi connectivity index (χ0v) is 10.4. The van der Waals surface area contributed by atoms with E-state index < -0.39 is 0 Å². The van der Waals surface area contributed by atoms with Gasteiger partial charge in [0.25, 0.3) is 0 Å². The third-order valence-corrected chi connectivity index (χ3v) is 2.52. The molecule has 0 saturated heterocycles. The molecular formula is C14H24O2. The summed E-state index contributed by atoms with van der Waals surface area (Å²) in [4.78, 5) is 21.4. The van der Waals surface area contributed by atoms with E-state index in [2.05, 4.69) is 6.92 Å². The van der Waals surface area contributed by atoms with Crippen LogP contribution in [0.3, 0.4) is 0 Å². The lowest BCUT2D eigenvalue weighted by Crippen LogP contribution is -1.92. The molecule has 2 heteroatoms. The molecule has 0 heterocycles. The van der Waals surface area contributed by atoms with E-state index >= 15 is 0 Å². The van der Waals surface area contributed by atoms with Gasteiger partial charge in [0, 0.05) is 12.8 Å². The van der Waals surface area contributed by atoms with Crippen LogP contribution in [0.5, 0.6) is 0 Å². The molecule has 0 aromatic rings. The minimum Gasteiger partial charge on any atom is -0.303 e. The predicted molar refractivity (Wildman–Crippen MR) is 67.4 cm³/mol. The molecule has 0 N–H and O–H groups in total. The molecule has 0 aliphatic carbocycles. The van der Waals surface area contributed by atoms with Gasteiger partial charge < -0.3 is 4.79 Å². The van der Waals surface area contributed by atoms with Gasteiger partial charge in [0.1, 0.15) is 6.29 Å². The van der Waals surface area contributed by atoms with E-state index in [-0.39, 0.29) is 5.78 Å². The molecule has 0 aromatic carbocycles. The first-order valence-corrected chi connectivity index (χ1v) is 6.44. The van der Waals surface area contributed by atoms with E-state index in [0.29, 0.717) is 12.8 Å². The second-order valence-electron chi connectivity index (χ2n) is 4.13. The van der Waals surface area contributed by atoms with Crippen LogP contribution >= 0.6 is 0 Å². The molecule has 0 rings (SSSR count). The molecule has 0 bridgehead atoms. The molecule has 0 fully saturated rings. The molecule has 0 amide bonds. The summed E-state index contributed by atoms with van der Waals surface area (Å²) in [5.41, 5.74) is 0. The Morgan fingerprint density at radius 3 is 2.44 bits per heavy atom. The van der Waals surface area contributed by atoms with Crippen LogP contribution < -0.4 is 0 Å². The summed E-state index contributed by atoms with van der Waals surface area (Å²) in [5.74, 6) is 0.196. The lowest BCUT2D eigenvalue weighted by molar-refractivity contribution is -0.115. The molecule has 0 spiro atoms. The Balaban J connectivity index is 3.33. The Morgan fingerprint density at radius 1 is 1.00 bits per heavy atom. The van der Waals surface area contributed by atoms with Crippen LogP contribution in [0.1, 0.15) is 64.7 Å². The summed E-state index contributed by atoms with van der Waals surface area (Å²) in [5, 5.41) is 0. The monoisotopic (exact) mass is 224 g/mol. The fourth-order valence-corrected chi connectivity index (χ4v) is 1.51. The number of unbranched alkanes of at least 4 members (excludes halogenated alkanes) is 6. The summed E-state index contributed by atoms with van der Waals surface area (Å²) < 4.78 is 0. The minimum absolute atomic E-state index is 0.196. The van der Waals surface area contributed by atoms with E-state index in [4.69, 9.17) is 0 Å². The van der Waals surface area contributed by atoms with E-state index in [0.717, 1.165) is 25.5 Å². The van der Waals surface area contributed by atoms with Crippen LogP contribution in [0.4, 0.5) is 0 Å². The van der Waals surface area contributed by atoms with Crippen LogP contribution in [-0.4, -0.2) is 12.1 Å². The van der Waals surface area contributed by atoms with Gasteiger partial charge in [0.15, 0.2) is 5.78 Å². The van der Waals surface area contributed by atoms with Crippen molar-refractivity contribution in [1.29, 1.82) is 0 Å². The van der Waals surface area contributed by atoms with Crippen LogP contribution in [0, 0.1) is 0 Å². The van der Waals surface area contributed by atoms with E-state index in [1.807, 2.05) is 6.08 Å². The number of rotatable bonds is 11. The third kappa shape index (κ3) is 11.2. The van der Waals surface area contributed by atoms with Crippen molar-refractivity contribution in [2.45, 2.75) is 64.7 Å². The van der Waals surface area contributed by atoms with Crippen LogP contribution in [0.2, 0.25) is 0 Å². The van der Waals surface area contributed by atoms with Gasteiger partial charge in [-0.25, -0.2) is 0 Å². The number of carbonyl (C=O) groups is 2. The van der Waals surface area contributed by atoms with Gasteiger partial charge in [-0.3, -0.25) is 4.79 Å². The second-order valence-corrected chi connectivity index (χ2v) is 4.13. The van der Waals surface area contributed by atoms with Gasteiger partial charge in [-0.15, -0.1) is 0 Å². The van der Waals surface area contributed by atoms with Crippen molar-refractivity contribution in [1.82, 2.24) is 0 Å². The Hall–Kier alpha value is -0.920. The minimum atomic E-state index is 0.196. The third-order valence-electron chi connectivity index (χ3n) is 2.52. The van der Waals surface area contributed by atoms with Crippen molar-refractivity contribution >= 4 is 12.1 Å². The highest BCUT2D eigenvalue weighted by Crippen LogP contribution is 2.04. The summed E-state index contributed by atoms with van der Waals surface area (Å²) in [6.07, 6.45) is 13.4. The Bertz CT molecular complexity index is 207. The van der Waals surface area contributed by atoms with Crippen LogP contribution in [0.15, 0.2) is 12.2 Å². The van der Waals surface area contributed by atoms with Crippen molar-refractivity contribution in [2.24, 2.45) is 0 Å². The lowest BCUT2D eigenvalue weighted by Gasteiger charge is -1.95. The maximum Gasteiger partial charge on any atom is 0.155 e. The number of hydrogen-bond acceptors (Lipinski definition) is 2. The van der Waals surface area contributed by atoms with Gasteiger partial charge in [0.05, 0.1) is 0 Å². The lowest BCUT2D eigenvalue weighted by atomic mass is 10.1. The average molecular weight is 224 g/mol. The smallest absolute Gasteiger partial charge is 0.155 e. The molecule has 0 aliphatic heterocycles. The van der Waals surface area contributed by atoms with Gasteiger partial charge in [-0.1, -0.05) is 32.3 Å². The van der Waals surface area contributed by atoms with Crippen molar-refractivity contribution in [3.05, 3.63) is 12.2 Å². The van der Waals surface area contributed by atoms with Crippen molar-refractivity contribution < 1.29 is 9.59 Å². The highest BCUT2D eigenvalue weighted by molar-refractivity contribution is 5.89. The maximum absolute atomic E-state index is 11.3. The Kier molecular flexibility index (Phi) is 11.5. The van der Waals surface area contributed by atoms with Gasteiger partial charge in [0.2, 0.25) is 0 Å². The molecule has 92 valence electrons. The number of aldehydes is 1. The number of carbonyl (C=O) groups excluding carboxylic acids is 2. The zero-order chi connectivity index (χ0) is 12.1. The SMILES string of the molecule is CCCCCCC=CC(=O)CCCCC=O. The molecule has 0 saturated carbocycles. The van der Waals surface area contributed by atoms with Crippen molar-refractivity contribution in [2.75, 3.05) is 0 Å². The normalized spacial score (nSPS) is 10.8. The largest absolute Gasteiger partial charge is 0.303 e. The number of allylic oxidation sites excluding steroid dienone is 2. The highest BCUT2D eigenvalue weighted by atomic mass is 16.1. The van der Waals surface area contributed by atoms with Gasteiger partial charge in [-0.05, 0) is 31.8 Å². The number of ketones is 1. The molecule has 16 heavy (non-hydrogen) atoms. The van der Waals surface area contributed by atoms with Gasteiger partial charge in [-0.2, -0.15) is 0 Å². The van der Waals surface area contributed by atoms with E-state index in [1.54, 1.807) is 6.08 Å². The first-order chi connectivity index (χ1) is 7.81. The van der Waals surface area contributed by atoms with Crippen LogP contribution in [-0.2, 0) is 9.59 Å². The number of hydrogen-bond donors (Lipinski definition) is 0. The fraction of sp³-hybridized carbons (Fsp3) is 0.714. The summed E-state index contributed by atoms with van der Waals surface area (Å²) >= 11 is 0. The fourth-order valence-electron chi connectivity index (χ4n) is 1.51. The van der Waals surface area contributed by atoms with E-state index in [9.17, 15) is 9.59 Å². The van der Waals surface area contributed by atoms with Crippen molar-refractivity contribution in [3.63, 3.8) is 0 Å². The molecule has 0 unspecified atom stereocenters. The topological polar surface area (TPSA) is 34.1 Å². The first kappa shape index (κ1) is 15.1. The van der Waals surface area contributed by atoms with E-state index in [1.165, 1.54) is 25.7 Å². The van der Waals surface area contributed by atoms with Crippen LogP contribution in [0.25, 0.3) is 0 Å². The molecule has 0 radical (unpaired) electrons. The molecule has 2 nitrogen and oxygen atoms in total. The van der Waals surface area contributed by atoms with Crippen molar-refractivity contribution in [3.8, 4) is 0 Å². The average Bonchev–Trinajstić information content (AvgIpc) is 2.29. The molecule has 0 aromatic heterocycles. The Labute approximate surface area is 99.1 Å². The molecule has 0 aliphatic rings. The van der Waals surface area contributed by atoms with Gasteiger partial charge >= 0.3 is 0 Å². The Morgan fingerprint density at radius 2 is 1.75 bits per heavy atom. The second kappa shape index (κ2) is 12.2. The first-order valence-electron chi connectivity index (χ1n) is 6.44. The standard InChI is InChI=1S/C14H24O2/c1-2-3-4-5-6-8-11-14(16)12-9-7-10-13-15/h8,11,13H,2-7,9-10,12H2,1H3. The molecule has 0 atom stereocenters. The predicted octanol–water partition coefficient (Wildman–Crippen LogP) is 3.84. The summed E-state index contributed by atoms with van der Waals surface area (Å²) in [6.45, 7) is 2.19. The quantitative estimate of drug-likeness (QED) is 0.303. The summed E-state index contributed by atoms with van der Waals surface area (Å²) in [7, 11) is 0. The highest BCUT2D eigenvalue weighted by Gasteiger charge is 1.95. The molecular weight excluding hydrogens is 200 g/mol. The summed E-state index contributed by atoms with van der Waals surface area (Å²) in [6, 6.07) is 0. The zero-order valence-electron chi connectivity index (χ0n) is 10.4. The maximum atomic E-state index is 11.3.